The third-order valence-electron chi connectivity index (χ3n) is 9.72. The molecular weight excluding hydrogens is 634 g/mol. The molecule has 2 amide bonds. The fourth-order valence-electron chi connectivity index (χ4n) is 6.49. The predicted octanol–water partition coefficient (Wildman–Crippen LogP) is 4.82. The molecule has 2 aromatic carbocycles. The number of alkyl halides is 3. The normalized spacial score (nSPS) is 21.8. The van der Waals surface area contributed by atoms with Crippen molar-refractivity contribution in [2.75, 3.05) is 13.2 Å². The zero-order valence-electron chi connectivity index (χ0n) is 25.5. The number of pyridine rings is 1. The zero-order valence-corrected chi connectivity index (χ0v) is 25.5. The molecule has 250 valence electrons. The maximum Gasteiger partial charge on any atom is 0.424 e. The summed E-state index contributed by atoms with van der Waals surface area (Å²) >= 11 is 0. The van der Waals surface area contributed by atoms with E-state index < -0.39 is 47.1 Å². The number of carbonyl (C=O) groups excluding carboxylic acids is 2. The third-order valence-corrected chi connectivity index (χ3v) is 9.72. The lowest BCUT2D eigenvalue weighted by Crippen LogP contribution is -2.52. The van der Waals surface area contributed by atoms with Gasteiger partial charge in [0.25, 0.3) is 5.91 Å². The molecule has 4 aromatic rings. The molecule has 4 N–H and O–H groups in total. The van der Waals surface area contributed by atoms with Crippen LogP contribution in [0.2, 0.25) is 0 Å². The van der Waals surface area contributed by atoms with Gasteiger partial charge in [-0.2, -0.15) is 18.3 Å². The first-order valence-corrected chi connectivity index (χ1v) is 15.9. The van der Waals surface area contributed by atoms with Gasteiger partial charge in [-0.15, -0.1) is 0 Å². The van der Waals surface area contributed by atoms with Crippen LogP contribution in [0.1, 0.15) is 66.2 Å². The standard InChI is InChI=1S/C34H31F4N5O5/c35-21-5-1-17(2-6-21)28-29-24(32(16-47-29,31(39)45)20-3-4-20)13-26(41-28)33(46,34(36,37)38)15-40-30(44)18-11-19-14-43(22-7-8-22)42-27(19)25(12-18)48-23-9-10-23/h1-2,5-6,11-14,20,22-23,46H,3-4,7-10,15-16H2,(H2,39,45)(H,40,44)/t32-,33?/m1/s1. The molecule has 48 heavy (non-hydrogen) atoms. The molecule has 3 heterocycles. The van der Waals surface area contributed by atoms with Crippen LogP contribution in [0.25, 0.3) is 22.2 Å². The van der Waals surface area contributed by atoms with Crippen molar-refractivity contribution in [2.45, 2.75) is 67.9 Å². The van der Waals surface area contributed by atoms with E-state index in [1.807, 2.05) is 4.68 Å². The lowest BCUT2D eigenvalue weighted by molar-refractivity contribution is -0.265. The molecule has 2 atom stereocenters. The summed E-state index contributed by atoms with van der Waals surface area (Å²) in [5, 5.41) is 19.0. The predicted molar refractivity (Wildman–Crippen MR) is 163 cm³/mol. The highest BCUT2D eigenvalue weighted by Crippen LogP contribution is 2.56. The van der Waals surface area contributed by atoms with E-state index in [-0.39, 0.29) is 52.8 Å². The number of aromatic nitrogens is 3. The first kappa shape index (κ1) is 30.6. The van der Waals surface area contributed by atoms with E-state index in [0.29, 0.717) is 29.5 Å². The molecule has 1 aliphatic heterocycles. The van der Waals surface area contributed by atoms with Crippen LogP contribution in [-0.2, 0) is 15.8 Å². The zero-order chi connectivity index (χ0) is 33.6. The maximum atomic E-state index is 15.0. The SMILES string of the molecule is NC(=O)[C@@]1(C2CC2)COc2c1cc(C(O)(CNC(=O)c1cc(OC3CC3)c3nn(C4CC4)cc3c1)C(F)(F)F)nc2-c1ccc(F)cc1. The van der Waals surface area contributed by atoms with Crippen LogP contribution in [0.5, 0.6) is 11.5 Å². The van der Waals surface area contributed by atoms with Gasteiger partial charge in [0.15, 0.2) is 0 Å². The second-order valence-corrected chi connectivity index (χ2v) is 13.2. The summed E-state index contributed by atoms with van der Waals surface area (Å²) in [5.74, 6) is -2.13. The number of nitrogens with two attached hydrogens (primary N) is 1. The molecule has 4 aliphatic rings. The maximum absolute atomic E-state index is 15.0. The van der Waals surface area contributed by atoms with Crippen molar-refractivity contribution in [3.05, 3.63) is 71.3 Å². The van der Waals surface area contributed by atoms with Crippen molar-refractivity contribution in [3.63, 3.8) is 0 Å². The highest BCUT2D eigenvalue weighted by atomic mass is 19.4. The van der Waals surface area contributed by atoms with E-state index in [0.717, 1.165) is 43.9 Å². The summed E-state index contributed by atoms with van der Waals surface area (Å²) in [4.78, 5) is 30.6. The van der Waals surface area contributed by atoms with Gasteiger partial charge in [0, 0.05) is 28.3 Å². The number of aliphatic hydroxyl groups is 1. The smallest absolute Gasteiger partial charge is 0.424 e. The van der Waals surface area contributed by atoms with Crippen molar-refractivity contribution < 1.29 is 41.7 Å². The summed E-state index contributed by atoms with van der Waals surface area (Å²) in [6.07, 6.45) is 1.26. The van der Waals surface area contributed by atoms with Crippen LogP contribution in [0, 0.1) is 11.7 Å². The molecule has 3 fully saturated rings. The highest BCUT2D eigenvalue weighted by Gasteiger charge is 2.60. The van der Waals surface area contributed by atoms with Crippen LogP contribution in [0.3, 0.4) is 0 Å². The Kier molecular flexibility index (Phi) is 6.79. The number of benzene rings is 2. The van der Waals surface area contributed by atoms with E-state index in [9.17, 15) is 32.3 Å². The van der Waals surface area contributed by atoms with Gasteiger partial charge in [0.2, 0.25) is 11.5 Å². The second-order valence-electron chi connectivity index (χ2n) is 13.2. The Balaban J connectivity index is 1.18. The molecule has 1 unspecified atom stereocenters. The average molecular weight is 666 g/mol. The minimum atomic E-state index is -5.34. The quantitative estimate of drug-likeness (QED) is 0.206. The van der Waals surface area contributed by atoms with E-state index in [4.69, 9.17) is 15.2 Å². The van der Waals surface area contributed by atoms with Crippen molar-refractivity contribution >= 4 is 22.7 Å². The fraction of sp³-hybridized carbons (Fsp3) is 0.412. The first-order chi connectivity index (χ1) is 22.9. The van der Waals surface area contributed by atoms with Gasteiger partial charge in [-0.05, 0) is 86.9 Å². The molecule has 2 aromatic heterocycles. The van der Waals surface area contributed by atoms with Crippen molar-refractivity contribution in [3.8, 4) is 22.8 Å². The average Bonchev–Trinajstić information content (AvgIpc) is 3.95. The number of rotatable bonds is 10. The molecule has 3 saturated carbocycles. The van der Waals surface area contributed by atoms with E-state index in [2.05, 4.69) is 15.4 Å². The number of halogens is 4. The Morgan fingerprint density at radius 2 is 1.81 bits per heavy atom. The molecular formula is C34H31F4N5O5. The number of hydrogen-bond acceptors (Lipinski definition) is 7. The fourth-order valence-corrected chi connectivity index (χ4v) is 6.49. The van der Waals surface area contributed by atoms with Gasteiger partial charge in [-0.25, -0.2) is 9.37 Å². The Morgan fingerprint density at radius 3 is 2.44 bits per heavy atom. The number of carbonyl (C=O) groups is 2. The van der Waals surface area contributed by atoms with Gasteiger partial charge in [-0.3, -0.25) is 14.3 Å². The molecule has 10 nitrogen and oxygen atoms in total. The second kappa shape index (κ2) is 10.6. The third kappa shape index (κ3) is 5.04. The number of fused-ring (bicyclic) bond motifs is 2. The topological polar surface area (TPSA) is 142 Å². The molecule has 14 heteroatoms. The van der Waals surface area contributed by atoms with E-state index in [1.54, 1.807) is 6.20 Å². The minimum absolute atomic E-state index is 0.0266. The van der Waals surface area contributed by atoms with Crippen LogP contribution >= 0.6 is 0 Å². The van der Waals surface area contributed by atoms with Gasteiger partial charge in [0.05, 0.1) is 24.4 Å². The minimum Gasteiger partial charge on any atom is -0.489 e. The van der Waals surface area contributed by atoms with Crippen LogP contribution in [0.15, 0.2) is 48.7 Å². The van der Waals surface area contributed by atoms with Crippen molar-refractivity contribution in [1.29, 1.82) is 0 Å². The Labute approximate surface area is 271 Å². The summed E-state index contributed by atoms with van der Waals surface area (Å²) in [7, 11) is 0. The number of primary amides is 1. The lowest BCUT2D eigenvalue weighted by Gasteiger charge is -2.32. The first-order valence-electron chi connectivity index (χ1n) is 15.9. The summed E-state index contributed by atoms with van der Waals surface area (Å²) < 4.78 is 72.4. The Morgan fingerprint density at radius 1 is 1.08 bits per heavy atom. The highest BCUT2D eigenvalue weighted by molar-refractivity contribution is 6.00. The molecule has 0 bridgehead atoms. The van der Waals surface area contributed by atoms with Gasteiger partial charge in [-0.1, -0.05) is 0 Å². The van der Waals surface area contributed by atoms with Crippen LogP contribution < -0.4 is 20.5 Å². The number of amides is 2. The number of hydrogen-bond donors (Lipinski definition) is 3. The van der Waals surface area contributed by atoms with Crippen molar-refractivity contribution in [1.82, 2.24) is 20.1 Å². The monoisotopic (exact) mass is 665 g/mol. The molecule has 0 spiro atoms. The molecule has 0 radical (unpaired) electrons. The largest absolute Gasteiger partial charge is 0.489 e. The van der Waals surface area contributed by atoms with Gasteiger partial charge < -0.3 is 25.6 Å². The molecule has 3 aliphatic carbocycles. The Bertz CT molecular complexity index is 1970. The summed E-state index contributed by atoms with van der Waals surface area (Å²) in [6, 6.07) is 9.05. The van der Waals surface area contributed by atoms with Crippen molar-refractivity contribution in [2.24, 2.45) is 11.7 Å². The van der Waals surface area contributed by atoms with E-state index in [1.165, 1.54) is 24.3 Å². The summed E-state index contributed by atoms with van der Waals surface area (Å²) in [6.45, 7) is -1.52. The van der Waals surface area contributed by atoms with Gasteiger partial charge in [0.1, 0.15) is 40.5 Å². The number of nitrogens with one attached hydrogen (secondary N) is 1. The molecule has 8 rings (SSSR count). The molecule has 0 saturated heterocycles. The van der Waals surface area contributed by atoms with Crippen LogP contribution in [-0.4, -0.2) is 57.1 Å². The lowest BCUT2D eigenvalue weighted by atomic mass is 9.76. The summed E-state index contributed by atoms with van der Waals surface area (Å²) in [5.41, 5.74) is 0.559. The van der Waals surface area contributed by atoms with Gasteiger partial charge >= 0.3 is 6.18 Å². The number of nitrogens with zero attached hydrogens (tertiary/aromatic N) is 3. The van der Waals surface area contributed by atoms with Crippen LogP contribution in [0.4, 0.5) is 17.6 Å². The Hall–Kier alpha value is -4.72. The van der Waals surface area contributed by atoms with E-state index >= 15 is 0 Å². The number of ether oxygens (including phenoxy) is 2.